The van der Waals surface area contributed by atoms with E-state index in [2.05, 4.69) is 15.5 Å². The van der Waals surface area contributed by atoms with Gasteiger partial charge in [-0.05, 0) is 25.0 Å². The molecule has 0 bridgehead atoms. The van der Waals surface area contributed by atoms with Crippen molar-refractivity contribution in [3.63, 3.8) is 0 Å². The van der Waals surface area contributed by atoms with Gasteiger partial charge in [0.1, 0.15) is 11.4 Å². The summed E-state index contributed by atoms with van der Waals surface area (Å²) in [4.78, 5) is 22.3. The lowest BCUT2D eigenvalue weighted by molar-refractivity contribution is -0.143. The summed E-state index contributed by atoms with van der Waals surface area (Å²) in [7, 11) is 0. The first-order valence-corrected chi connectivity index (χ1v) is 6.19. The van der Waals surface area contributed by atoms with Gasteiger partial charge >= 0.3 is 5.97 Å². The number of hydrogen-bond acceptors (Lipinski definition) is 5. The Bertz CT molecular complexity index is 480. The molecule has 1 saturated carbocycles. The van der Waals surface area contributed by atoms with Gasteiger partial charge in [-0.25, -0.2) is 4.79 Å². The zero-order valence-corrected chi connectivity index (χ0v) is 10.4. The number of amides is 1. The van der Waals surface area contributed by atoms with Crippen LogP contribution in [0.5, 0.6) is 0 Å². The van der Waals surface area contributed by atoms with Crippen LogP contribution in [0, 0.1) is 0 Å². The maximum Gasteiger partial charge on any atom is 0.329 e. The molecule has 7 heteroatoms. The fraction of sp³-hybridized carbons (Fsp3) is 0.500. The van der Waals surface area contributed by atoms with Crippen LogP contribution in [0.25, 0.3) is 0 Å². The highest BCUT2D eigenvalue weighted by atomic mass is 16.4. The van der Waals surface area contributed by atoms with E-state index in [9.17, 15) is 14.7 Å². The molecule has 0 aliphatic heterocycles. The predicted molar refractivity (Wildman–Crippen MR) is 67.6 cm³/mol. The number of rotatable bonds is 4. The number of aliphatic carboxylic acids is 1. The highest BCUT2D eigenvalue weighted by Crippen LogP contribution is 2.31. The highest BCUT2D eigenvalue weighted by molar-refractivity contribution is 5.90. The lowest BCUT2D eigenvalue weighted by atomic mass is 9.81. The highest BCUT2D eigenvalue weighted by Gasteiger charge is 2.39. The number of aromatic nitrogens is 2. The van der Waals surface area contributed by atoms with Gasteiger partial charge in [0.15, 0.2) is 5.69 Å². The number of carbonyl (C=O) groups excluding carboxylic acids is 1. The third-order valence-electron chi connectivity index (χ3n) is 3.40. The standard InChI is InChI=1S/C12H16N4O3/c13-10(17)8-4-5-9(16-15-8)14-12(11(18)19)6-2-1-3-7-12/h4-5H,1-3,6-7H2,(H2,13,17)(H,14,16)(H,18,19). The van der Waals surface area contributed by atoms with E-state index < -0.39 is 17.4 Å². The minimum atomic E-state index is -0.985. The van der Waals surface area contributed by atoms with Gasteiger partial charge in [0.25, 0.3) is 5.91 Å². The summed E-state index contributed by atoms with van der Waals surface area (Å²) in [6.45, 7) is 0. The van der Waals surface area contributed by atoms with Crippen molar-refractivity contribution >= 4 is 17.7 Å². The van der Waals surface area contributed by atoms with Crippen LogP contribution in [0.3, 0.4) is 0 Å². The molecule has 1 fully saturated rings. The summed E-state index contributed by atoms with van der Waals surface area (Å²) in [5, 5.41) is 19.8. The van der Waals surface area contributed by atoms with Gasteiger partial charge in [-0.1, -0.05) is 19.3 Å². The van der Waals surface area contributed by atoms with Crippen molar-refractivity contribution in [1.82, 2.24) is 10.2 Å². The summed E-state index contributed by atoms with van der Waals surface area (Å²) in [6, 6.07) is 2.95. The van der Waals surface area contributed by atoms with Gasteiger partial charge < -0.3 is 16.2 Å². The summed E-state index contributed by atoms with van der Waals surface area (Å²) in [5.74, 6) is -1.20. The van der Waals surface area contributed by atoms with Crippen LogP contribution >= 0.6 is 0 Å². The van der Waals surface area contributed by atoms with Crippen LogP contribution < -0.4 is 11.1 Å². The van der Waals surface area contributed by atoms with E-state index in [1.165, 1.54) is 12.1 Å². The van der Waals surface area contributed by atoms with E-state index in [0.717, 1.165) is 19.3 Å². The Morgan fingerprint density at radius 1 is 1.21 bits per heavy atom. The topological polar surface area (TPSA) is 118 Å². The molecule has 7 nitrogen and oxygen atoms in total. The van der Waals surface area contributed by atoms with Crippen molar-refractivity contribution in [2.24, 2.45) is 5.73 Å². The minimum absolute atomic E-state index is 0.0542. The number of primary amides is 1. The van der Waals surface area contributed by atoms with E-state index in [-0.39, 0.29) is 5.69 Å². The van der Waals surface area contributed by atoms with Crippen molar-refractivity contribution in [3.8, 4) is 0 Å². The first-order chi connectivity index (χ1) is 9.03. The monoisotopic (exact) mass is 264 g/mol. The molecule has 19 heavy (non-hydrogen) atoms. The van der Waals surface area contributed by atoms with Crippen molar-refractivity contribution in [2.75, 3.05) is 5.32 Å². The molecule has 0 saturated heterocycles. The average Bonchev–Trinajstić information content (AvgIpc) is 2.40. The molecule has 1 aromatic rings. The lowest BCUT2D eigenvalue weighted by Crippen LogP contribution is -2.48. The summed E-state index contributed by atoms with van der Waals surface area (Å²) in [6.07, 6.45) is 3.89. The summed E-state index contributed by atoms with van der Waals surface area (Å²) < 4.78 is 0. The van der Waals surface area contributed by atoms with Crippen LogP contribution in [-0.4, -0.2) is 32.7 Å². The molecule has 4 N–H and O–H groups in total. The lowest BCUT2D eigenvalue weighted by Gasteiger charge is -2.34. The molecule has 1 amide bonds. The molecular formula is C12H16N4O3. The number of nitrogens with one attached hydrogen (secondary N) is 1. The van der Waals surface area contributed by atoms with Gasteiger partial charge in [0.2, 0.25) is 0 Å². The van der Waals surface area contributed by atoms with Crippen molar-refractivity contribution in [3.05, 3.63) is 17.8 Å². The van der Waals surface area contributed by atoms with E-state index in [1.807, 2.05) is 0 Å². The molecule has 1 heterocycles. The SMILES string of the molecule is NC(=O)c1ccc(NC2(C(=O)O)CCCCC2)nn1. The first kappa shape index (κ1) is 13.3. The van der Waals surface area contributed by atoms with Gasteiger partial charge in [0.05, 0.1) is 0 Å². The Balaban J connectivity index is 2.17. The Morgan fingerprint density at radius 3 is 2.37 bits per heavy atom. The molecule has 102 valence electrons. The van der Waals surface area contributed by atoms with Crippen molar-refractivity contribution in [1.29, 1.82) is 0 Å². The number of carboxylic acid groups (broad SMARTS) is 1. The Kier molecular flexibility index (Phi) is 3.64. The van der Waals surface area contributed by atoms with Gasteiger partial charge in [0, 0.05) is 0 Å². The van der Waals surface area contributed by atoms with Crippen LogP contribution in [0.4, 0.5) is 5.82 Å². The molecule has 1 aliphatic carbocycles. The number of carbonyl (C=O) groups is 2. The molecule has 1 aliphatic rings. The molecule has 1 aromatic heterocycles. The molecule has 0 radical (unpaired) electrons. The molecule has 0 atom stereocenters. The zero-order chi connectivity index (χ0) is 13.9. The van der Waals surface area contributed by atoms with Crippen LogP contribution in [0.2, 0.25) is 0 Å². The summed E-state index contributed by atoms with van der Waals surface area (Å²) >= 11 is 0. The number of anilines is 1. The normalized spacial score (nSPS) is 17.7. The maximum atomic E-state index is 11.5. The molecule has 2 rings (SSSR count). The Labute approximate surface area is 110 Å². The number of nitrogens with zero attached hydrogens (tertiary/aromatic N) is 2. The smallest absolute Gasteiger partial charge is 0.329 e. The Hall–Kier alpha value is -2.18. The molecule has 0 spiro atoms. The average molecular weight is 264 g/mol. The molecule has 0 aromatic carbocycles. The minimum Gasteiger partial charge on any atom is -0.480 e. The number of carboxylic acids is 1. The largest absolute Gasteiger partial charge is 0.480 e. The molecule has 0 unspecified atom stereocenters. The molecular weight excluding hydrogens is 248 g/mol. The van der Waals surface area contributed by atoms with Gasteiger partial charge in [-0.2, -0.15) is 0 Å². The number of hydrogen-bond donors (Lipinski definition) is 3. The van der Waals surface area contributed by atoms with Crippen LogP contribution in [0.1, 0.15) is 42.6 Å². The van der Waals surface area contributed by atoms with Crippen LogP contribution in [-0.2, 0) is 4.79 Å². The third-order valence-corrected chi connectivity index (χ3v) is 3.40. The van der Waals surface area contributed by atoms with E-state index in [4.69, 9.17) is 5.73 Å². The Morgan fingerprint density at radius 2 is 1.89 bits per heavy atom. The van der Waals surface area contributed by atoms with Crippen molar-refractivity contribution in [2.45, 2.75) is 37.6 Å². The van der Waals surface area contributed by atoms with E-state index >= 15 is 0 Å². The van der Waals surface area contributed by atoms with E-state index in [0.29, 0.717) is 18.7 Å². The quantitative estimate of drug-likeness (QED) is 0.739. The first-order valence-electron chi connectivity index (χ1n) is 6.19. The van der Waals surface area contributed by atoms with Crippen molar-refractivity contribution < 1.29 is 14.7 Å². The summed E-state index contributed by atoms with van der Waals surface area (Å²) in [5.41, 5.74) is 4.14. The second-order valence-electron chi connectivity index (χ2n) is 4.74. The number of nitrogens with two attached hydrogens (primary N) is 1. The maximum absolute atomic E-state index is 11.5. The second kappa shape index (κ2) is 5.21. The fourth-order valence-corrected chi connectivity index (χ4v) is 2.32. The van der Waals surface area contributed by atoms with Gasteiger partial charge in [-0.3, -0.25) is 4.79 Å². The van der Waals surface area contributed by atoms with Gasteiger partial charge in [-0.15, -0.1) is 10.2 Å². The van der Waals surface area contributed by atoms with Crippen LogP contribution in [0.15, 0.2) is 12.1 Å². The third kappa shape index (κ3) is 2.81. The zero-order valence-electron chi connectivity index (χ0n) is 10.4. The predicted octanol–water partition coefficient (Wildman–Crippen LogP) is 0.775. The second-order valence-corrected chi connectivity index (χ2v) is 4.74. The fourth-order valence-electron chi connectivity index (χ4n) is 2.32. The van der Waals surface area contributed by atoms with E-state index in [1.54, 1.807) is 0 Å².